The predicted octanol–water partition coefficient (Wildman–Crippen LogP) is 6.41. The van der Waals surface area contributed by atoms with Gasteiger partial charge in [0, 0.05) is 47.7 Å². The summed E-state index contributed by atoms with van der Waals surface area (Å²) >= 11 is 0. The summed E-state index contributed by atoms with van der Waals surface area (Å²) in [4.78, 5) is 30.4. The van der Waals surface area contributed by atoms with Crippen molar-refractivity contribution < 1.29 is 31.4 Å². The third-order valence-corrected chi connectivity index (χ3v) is 5.78. The second-order valence-corrected chi connectivity index (χ2v) is 10.1. The number of para-hydroxylation sites is 1. The zero-order valence-corrected chi connectivity index (χ0v) is 24.0. The molecule has 0 unspecified atom stereocenters. The third kappa shape index (κ3) is 9.64. The number of rotatable bonds is 6. The molecule has 1 aromatic heterocycles. The molecule has 40 heavy (non-hydrogen) atoms. The quantitative estimate of drug-likeness (QED) is 0.345. The minimum absolute atomic E-state index is 0. The summed E-state index contributed by atoms with van der Waals surface area (Å²) in [5.74, 6) is 1.65. The Morgan fingerprint density at radius 1 is 0.825 bits per heavy atom. The van der Waals surface area contributed by atoms with E-state index in [2.05, 4.69) is 10.3 Å². The SMILES string of the molecule is CC(C)(C)OC(=O)N(C[C]1[CH][CH][CH][CH]1)Cc1ccccc1.O=C(Nc1cccc2cccnc12)[C]1[CH][CH][CH][CH]1.[Fe]. The molecule has 2 aromatic carbocycles. The van der Waals surface area contributed by atoms with E-state index in [1.165, 1.54) is 0 Å². The second-order valence-electron chi connectivity index (χ2n) is 10.1. The van der Waals surface area contributed by atoms with Crippen molar-refractivity contribution in [2.24, 2.45) is 0 Å². The minimum atomic E-state index is -0.488. The first kappa shape index (κ1) is 31.6. The number of nitrogens with one attached hydrogen (secondary N) is 1. The van der Waals surface area contributed by atoms with E-state index < -0.39 is 5.60 Å². The minimum Gasteiger partial charge on any atom is -0.444 e. The van der Waals surface area contributed by atoms with Gasteiger partial charge in [0.15, 0.2) is 0 Å². The maximum atomic E-state index is 12.4. The number of fused-ring (bicyclic) bond motifs is 1. The summed E-state index contributed by atoms with van der Waals surface area (Å²) in [7, 11) is 0. The standard InChI is InChI=1S/C18H22NO2.C15H11N2O.Fe/c1-18(2,3)21-17(20)19(14-16-11-7-8-12-16)13-15-9-5-4-6-10-15;18-15(12-5-1-2-6-12)17-13-9-3-7-11-8-4-10-16-14(11)13;/h4-12H,13-14H2,1-3H3;1-10H,(H,17,18);. The summed E-state index contributed by atoms with van der Waals surface area (Å²) in [5, 5.41) is 3.90. The molecule has 2 saturated carbocycles. The average Bonchev–Trinajstić information content (AvgIpc) is 3.64. The van der Waals surface area contributed by atoms with Gasteiger partial charge < -0.3 is 15.0 Å². The molecule has 0 atom stereocenters. The Kier molecular flexibility index (Phi) is 12.0. The average molecular weight is 575 g/mol. The van der Waals surface area contributed by atoms with Gasteiger partial charge in [-0.25, -0.2) is 4.79 Å². The largest absolute Gasteiger partial charge is 0.444 e. The van der Waals surface area contributed by atoms with Crippen LogP contribution in [-0.4, -0.2) is 34.0 Å². The van der Waals surface area contributed by atoms with Crippen molar-refractivity contribution >= 4 is 28.6 Å². The molecule has 0 spiro atoms. The first-order chi connectivity index (χ1) is 18.8. The molecule has 1 N–H and O–H groups in total. The smallest absolute Gasteiger partial charge is 0.410 e. The van der Waals surface area contributed by atoms with Gasteiger partial charge >= 0.3 is 6.09 Å². The number of aromatic nitrogens is 1. The van der Waals surface area contributed by atoms with Gasteiger partial charge in [0.2, 0.25) is 5.91 Å². The maximum Gasteiger partial charge on any atom is 0.410 e. The van der Waals surface area contributed by atoms with Gasteiger partial charge in [0.25, 0.3) is 0 Å². The molecule has 2 aliphatic carbocycles. The van der Waals surface area contributed by atoms with Gasteiger partial charge in [-0.3, -0.25) is 9.78 Å². The Hall–Kier alpha value is -2.89. The van der Waals surface area contributed by atoms with E-state index in [1.807, 2.05) is 120 Å². The molecular weight excluding hydrogens is 542 g/mol. The van der Waals surface area contributed by atoms with E-state index in [-0.39, 0.29) is 29.1 Å². The summed E-state index contributed by atoms with van der Waals surface area (Å²) in [6.07, 6.45) is 16.7. The van der Waals surface area contributed by atoms with Gasteiger partial charge in [-0.2, -0.15) is 0 Å². The molecule has 5 rings (SSSR count). The fraction of sp³-hybridized carbons (Fsp3) is 0.182. The maximum absolute atomic E-state index is 12.4. The molecule has 1 heterocycles. The van der Waals surface area contributed by atoms with Crippen LogP contribution in [0.3, 0.4) is 0 Å². The summed E-state index contributed by atoms with van der Waals surface area (Å²) < 4.78 is 5.51. The van der Waals surface area contributed by atoms with Crippen LogP contribution in [0.25, 0.3) is 10.9 Å². The number of ether oxygens (including phenoxy) is 1. The van der Waals surface area contributed by atoms with Crippen molar-refractivity contribution in [2.45, 2.75) is 32.9 Å². The van der Waals surface area contributed by atoms with Crippen LogP contribution in [0.15, 0.2) is 66.9 Å². The third-order valence-electron chi connectivity index (χ3n) is 5.78. The van der Waals surface area contributed by atoms with Gasteiger partial charge in [-0.05, 0) is 89.8 Å². The normalized spacial score (nSPS) is 15.6. The summed E-state index contributed by atoms with van der Waals surface area (Å²) in [6, 6.07) is 19.5. The molecule has 7 heteroatoms. The number of nitrogens with zero attached hydrogens (tertiary/aromatic N) is 2. The van der Waals surface area contributed by atoms with Crippen LogP contribution in [0.1, 0.15) is 26.3 Å². The van der Waals surface area contributed by atoms with Crippen molar-refractivity contribution in [3.63, 3.8) is 0 Å². The number of pyridine rings is 1. The number of anilines is 1. The number of carbonyl (C=O) groups excluding carboxylic acids is 2. The van der Waals surface area contributed by atoms with Crippen molar-refractivity contribution in [1.82, 2.24) is 9.88 Å². The Morgan fingerprint density at radius 3 is 2.15 bits per heavy atom. The first-order valence-corrected chi connectivity index (χ1v) is 12.9. The van der Waals surface area contributed by atoms with Crippen molar-refractivity contribution in [3.05, 3.63) is 136 Å². The monoisotopic (exact) mass is 575 g/mol. The van der Waals surface area contributed by atoms with E-state index in [0.717, 1.165) is 28.1 Å². The molecule has 2 aliphatic rings. The zero-order chi connectivity index (χ0) is 27.7. The van der Waals surface area contributed by atoms with Crippen LogP contribution in [-0.2, 0) is 33.1 Å². The molecule has 6 nitrogen and oxygen atoms in total. The topological polar surface area (TPSA) is 71.5 Å². The van der Waals surface area contributed by atoms with Crippen molar-refractivity contribution in [2.75, 3.05) is 11.9 Å². The van der Waals surface area contributed by atoms with E-state index in [4.69, 9.17) is 4.74 Å². The fourth-order valence-corrected chi connectivity index (χ4v) is 3.98. The number of benzene rings is 2. The molecule has 3 aromatic rings. The first-order valence-electron chi connectivity index (χ1n) is 12.9. The van der Waals surface area contributed by atoms with Crippen LogP contribution in [0.4, 0.5) is 10.5 Å². The van der Waals surface area contributed by atoms with Gasteiger partial charge in [-0.1, -0.05) is 48.5 Å². The van der Waals surface area contributed by atoms with Crippen LogP contribution in [0, 0.1) is 63.2 Å². The van der Waals surface area contributed by atoms with E-state index in [1.54, 1.807) is 23.9 Å². The molecule has 0 aliphatic heterocycles. The van der Waals surface area contributed by atoms with Crippen LogP contribution in [0.5, 0.6) is 0 Å². The van der Waals surface area contributed by atoms with Crippen LogP contribution < -0.4 is 5.32 Å². The van der Waals surface area contributed by atoms with Crippen molar-refractivity contribution in [3.8, 4) is 0 Å². The van der Waals surface area contributed by atoms with Crippen LogP contribution >= 0.6 is 0 Å². The number of hydrogen-bond donors (Lipinski definition) is 1. The van der Waals surface area contributed by atoms with E-state index >= 15 is 0 Å². The Bertz CT molecular complexity index is 1210. The molecular formula is C33H33FeN3O3. The molecule has 10 radical (unpaired) electrons. The van der Waals surface area contributed by atoms with E-state index in [9.17, 15) is 9.59 Å². The Labute approximate surface area is 249 Å². The fourth-order valence-electron chi connectivity index (χ4n) is 3.98. The predicted molar refractivity (Wildman–Crippen MR) is 154 cm³/mol. The number of amides is 2. The van der Waals surface area contributed by atoms with E-state index in [0.29, 0.717) is 19.0 Å². The summed E-state index contributed by atoms with van der Waals surface area (Å²) in [6.45, 7) is 6.74. The van der Waals surface area contributed by atoms with Gasteiger partial charge in [-0.15, -0.1) is 0 Å². The second kappa shape index (κ2) is 15.2. The Morgan fingerprint density at radius 2 is 1.48 bits per heavy atom. The molecule has 2 amide bonds. The van der Waals surface area contributed by atoms with Gasteiger partial charge in [0.1, 0.15) is 5.60 Å². The summed E-state index contributed by atoms with van der Waals surface area (Å²) in [5.41, 5.74) is 2.15. The molecule has 2 fully saturated rings. The van der Waals surface area contributed by atoms with Gasteiger partial charge in [0.05, 0.1) is 17.1 Å². The Balaban J connectivity index is 0.000000217. The number of hydrogen-bond acceptors (Lipinski definition) is 4. The molecule has 0 bridgehead atoms. The molecule has 0 saturated heterocycles. The van der Waals surface area contributed by atoms with Crippen molar-refractivity contribution in [1.29, 1.82) is 0 Å². The zero-order valence-electron chi connectivity index (χ0n) is 22.9. The molecule has 206 valence electrons. The number of carbonyl (C=O) groups is 2. The van der Waals surface area contributed by atoms with Crippen LogP contribution in [0.2, 0.25) is 0 Å².